The lowest BCUT2D eigenvalue weighted by atomic mass is 10.1. The summed E-state index contributed by atoms with van der Waals surface area (Å²) in [4.78, 5) is 11.4. The molecule has 0 spiro atoms. The number of hydrogen-bond donors (Lipinski definition) is 2. The highest BCUT2D eigenvalue weighted by Gasteiger charge is 2.14. The van der Waals surface area contributed by atoms with Gasteiger partial charge in [-0.25, -0.2) is 4.79 Å². The van der Waals surface area contributed by atoms with Gasteiger partial charge in [-0.2, -0.15) is 0 Å². The molecule has 2 N–H and O–H groups in total. The topological polar surface area (TPSA) is 58.6 Å². The van der Waals surface area contributed by atoms with Crippen LogP contribution in [0.15, 0.2) is 30.3 Å². The predicted molar refractivity (Wildman–Crippen MR) is 80.5 cm³/mol. The molecular weight excluding hydrogens is 254 g/mol. The highest BCUT2D eigenvalue weighted by molar-refractivity contribution is 5.68. The van der Waals surface area contributed by atoms with Crippen LogP contribution in [0.2, 0.25) is 0 Å². The lowest BCUT2D eigenvalue weighted by Crippen LogP contribution is -2.32. The van der Waals surface area contributed by atoms with Gasteiger partial charge in [-0.3, -0.25) is 0 Å². The van der Waals surface area contributed by atoms with Crippen molar-refractivity contribution in [3.05, 3.63) is 41.5 Å². The first-order valence-corrected chi connectivity index (χ1v) is 6.74. The number of carbonyl (C=O) groups is 1. The van der Waals surface area contributed by atoms with E-state index < -0.39 is 11.7 Å². The molecule has 0 bridgehead atoms. The maximum absolute atomic E-state index is 11.4. The Morgan fingerprint density at radius 2 is 2.15 bits per heavy atom. The molecule has 0 aliphatic heterocycles. The molecule has 0 heterocycles. The smallest absolute Gasteiger partial charge is 0.407 e. The van der Waals surface area contributed by atoms with E-state index >= 15 is 0 Å². The number of amides is 1. The molecule has 1 rings (SSSR count). The quantitative estimate of drug-likeness (QED) is 0.870. The molecule has 0 atom stereocenters. The number of rotatable bonds is 5. The van der Waals surface area contributed by atoms with Crippen LogP contribution in [0.1, 0.15) is 31.9 Å². The molecule has 4 heteroatoms. The van der Waals surface area contributed by atoms with Crippen LogP contribution in [0.25, 0.3) is 6.08 Å². The molecule has 0 fully saturated rings. The summed E-state index contributed by atoms with van der Waals surface area (Å²) in [5, 5.41) is 11.6. The number of nitrogens with one attached hydrogen (secondary N) is 1. The Kier molecular flexibility index (Phi) is 6.25. The summed E-state index contributed by atoms with van der Waals surface area (Å²) in [5.74, 6) is 0. The van der Waals surface area contributed by atoms with Gasteiger partial charge in [0.05, 0.1) is 0 Å². The van der Waals surface area contributed by atoms with Crippen LogP contribution >= 0.6 is 0 Å². The van der Waals surface area contributed by atoms with E-state index in [2.05, 4.69) is 5.32 Å². The van der Waals surface area contributed by atoms with E-state index in [0.717, 1.165) is 11.1 Å². The van der Waals surface area contributed by atoms with Gasteiger partial charge in [-0.05, 0) is 38.3 Å². The number of carbonyl (C=O) groups excluding carboxylic acids is 1. The Morgan fingerprint density at radius 1 is 1.40 bits per heavy atom. The van der Waals surface area contributed by atoms with Crippen molar-refractivity contribution in [3.8, 4) is 0 Å². The summed E-state index contributed by atoms with van der Waals surface area (Å²) >= 11 is 0. The molecule has 0 aliphatic rings. The van der Waals surface area contributed by atoms with Gasteiger partial charge in [-0.1, -0.05) is 36.4 Å². The summed E-state index contributed by atoms with van der Waals surface area (Å²) in [5.41, 5.74) is 1.66. The van der Waals surface area contributed by atoms with E-state index in [1.165, 1.54) is 0 Å². The monoisotopic (exact) mass is 277 g/mol. The van der Waals surface area contributed by atoms with Gasteiger partial charge in [0, 0.05) is 13.2 Å². The summed E-state index contributed by atoms with van der Waals surface area (Å²) in [6.07, 6.45) is 4.02. The van der Waals surface area contributed by atoms with Crippen LogP contribution < -0.4 is 5.32 Å². The fraction of sp³-hybridized carbons (Fsp3) is 0.438. The molecule has 110 valence electrons. The SMILES string of the molecule is CC(C)(C)OC(=O)NCC=Cc1cccc(CCO)c1. The van der Waals surface area contributed by atoms with Crippen LogP contribution in [0.5, 0.6) is 0 Å². The largest absolute Gasteiger partial charge is 0.444 e. The average molecular weight is 277 g/mol. The van der Waals surface area contributed by atoms with Gasteiger partial charge < -0.3 is 15.2 Å². The van der Waals surface area contributed by atoms with Crippen LogP contribution in [0.3, 0.4) is 0 Å². The van der Waals surface area contributed by atoms with Crippen LogP contribution in [-0.2, 0) is 11.2 Å². The number of benzene rings is 1. The first-order valence-electron chi connectivity index (χ1n) is 6.74. The third-order valence-electron chi connectivity index (χ3n) is 2.42. The standard InChI is InChI=1S/C16H23NO3/c1-16(2,3)20-15(19)17-10-5-8-13-6-4-7-14(12-13)9-11-18/h4-8,12,18H,9-11H2,1-3H3,(H,17,19). The minimum atomic E-state index is -0.480. The van der Waals surface area contributed by atoms with Crippen LogP contribution in [0.4, 0.5) is 4.79 Å². The van der Waals surface area contributed by atoms with E-state index in [4.69, 9.17) is 9.84 Å². The molecule has 1 aromatic rings. The van der Waals surface area contributed by atoms with Crippen LogP contribution in [0, 0.1) is 0 Å². The van der Waals surface area contributed by atoms with Crippen molar-refractivity contribution in [1.29, 1.82) is 0 Å². The number of hydrogen-bond acceptors (Lipinski definition) is 3. The summed E-state index contributed by atoms with van der Waals surface area (Å²) in [6.45, 7) is 6.05. The molecular formula is C16H23NO3. The molecule has 1 amide bonds. The van der Waals surface area contributed by atoms with Gasteiger partial charge in [-0.15, -0.1) is 0 Å². The molecule has 0 saturated heterocycles. The van der Waals surface area contributed by atoms with Crippen molar-refractivity contribution in [2.24, 2.45) is 0 Å². The molecule has 4 nitrogen and oxygen atoms in total. The normalized spacial score (nSPS) is 11.6. The zero-order valence-electron chi connectivity index (χ0n) is 12.3. The third kappa shape index (κ3) is 6.95. The maximum atomic E-state index is 11.4. The second-order valence-electron chi connectivity index (χ2n) is 5.50. The molecule has 0 unspecified atom stereocenters. The van der Waals surface area contributed by atoms with Crippen molar-refractivity contribution in [3.63, 3.8) is 0 Å². The highest BCUT2D eigenvalue weighted by atomic mass is 16.6. The molecule has 0 radical (unpaired) electrons. The van der Waals surface area contributed by atoms with E-state index in [1.54, 1.807) is 0 Å². The van der Waals surface area contributed by atoms with E-state index in [1.807, 2.05) is 57.2 Å². The van der Waals surface area contributed by atoms with Gasteiger partial charge in [0.25, 0.3) is 0 Å². The lowest BCUT2D eigenvalue weighted by Gasteiger charge is -2.19. The second-order valence-corrected chi connectivity index (χ2v) is 5.50. The van der Waals surface area contributed by atoms with E-state index in [0.29, 0.717) is 13.0 Å². The van der Waals surface area contributed by atoms with Gasteiger partial charge >= 0.3 is 6.09 Å². The summed E-state index contributed by atoms with van der Waals surface area (Å²) in [6, 6.07) is 7.92. The molecule has 0 aromatic heterocycles. The lowest BCUT2D eigenvalue weighted by molar-refractivity contribution is 0.0534. The Balaban J connectivity index is 2.41. The summed E-state index contributed by atoms with van der Waals surface area (Å²) in [7, 11) is 0. The van der Waals surface area contributed by atoms with Crippen molar-refractivity contribution in [2.75, 3.05) is 13.2 Å². The number of alkyl carbamates (subject to hydrolysis) is 1. The van der Waals surface area contributed by atoms with Crippen molar-refractivity contribution >= 4 is 12.2 Å². The average Bonchev–Trinajstić information content (AvgIpc) is 2.33. The first kappa shape index (κ1) is 16.2. The minimum Gasteiger partial charge on any atom is -0.444 e. The summed E-state index contributed by atoms with van der Waals surface area (Å²) < 4.78 is 5.13. The first-order chi connectivity index (χ1) is 9.40. The molecule has 20 heavy (non-hydrogen) atoms. The fourth-order valence-electron chi connectivity index (χ4n) is 1.63. The van der Waals surface area contributed by atoms with Crippen molar-refractivity contribution in [1.82, 2.24) is 5.32 Å². The Labute approximate surface area is 120 Å². The van der Waals surface area contributed by atoms with Crippen LogP contribution in [-0.4, -0.2) is 30.0 Å². The second kappa shape index (κ2) is 7.70. The van der Waals surface area contributed by atoms with Crippen molar-refractivity contribution in [2.45, 2.75) is 32.8 Å². The number of ether oxygens (including phenoxy) is 1. The van der Waals surface area contributed by atoms with Gasteiger partial charge in [0.2, 0.25) is 0 Å². The van der Waals surface area contributed by atoms with Crippen molar-refractivity contribution < 1.29 is 14.6 Å². The number of aliphatic hydroxyl groups excluding tert-OH is 1. The predicted octanol–water partition coefficient (Wildman–Crippen LogP) is 2.76. The maximum Gasteiger partial charge on any atom is 0.407 e. The van der Waals surface area contributed by atoms with Gasteiger partial charge in [0.15, 0.2) is 0 Å². The minimum absolute atomic E-state index is 0.146. The third-order valence-corrected chi connectivity index (χ3v) is 2.42. The molecule has 0 aliphatic carbocycles. The Bertz CT molecular complexity index is 461. The van der Waals surface area contributed by atoms with E-state index in [9.17, 15) is 4.79 Å². The molecule has 0 saturated carbocycles. The zero-order chi connectivity index (χ0) is 15.0. The Morgan fingerprint density at radius 3 is 2.80 bits per heavy atom. The zero-order valence-corrected chi connectivity index (χ0v) is 12.3. The molecule has 1 aromatic carbocycles. The fourth-order valence-corrected chi connectivity index (χ4v) is 1.63. The number of aliphatic hydroxyl groups is 1. The van der Waals surface area contributed by atoms with E-state index in [-0.39, 0.29) is 6.61 Å². The highest BCUT2D eigenvalue weighted by Crippen LogP contribution is 2.08. The Hall–Kier alpha value is -1.81. The van der Waals surface area contributed by atoms with Gasteiger partial charge in [0.1, 0.15) is 5.60 Å².